The van der Waals surface area contributed by atoms with Crippen molar-refractivity contribution < 1.29 is 14.0 Å². The molecule has 30 heavy (non-hydrogen) atoms. The molecule has 2 aromatic rings. The molecule has 0 radical (unpaired) electrons. The van der Waals surface area contributed by atoms with E-state index in [2.05, 4.69) is 22.4 Å². The summed E-state index contributed by atoms with van der Waals surface area (Å²) in [5, 5.41) is 2.12. The number of halogens is 1. The Kier molecular flexibility index (Phi) is 6.79. The lowest BCUT2D eigenvalue weighted by Crippen LogP contribution is -2.52. The zero-order chi connectivity index (χ0) is 20.9. The highest BCUT2D eigenvalue weighted by atomic mass is 32.1. The van der Waals surface area contributed by atoms with Gasteiger partial charge < -0.3 is 9.80 Å². The number of hydrogen-bond acceptors (Lipinski definition) is 4. The first-order chi connectivity index (χ1) is 14.6. The average Bonchev–Trinajstić information content (AvgIpc) is 3.31. The summed E-state index contributed by atoms with van der Waals surface area (Å²) in [6.45, 7) is 5.64. The number of likely N-dealkylation sites (tertiary alicyclic amines) is 1. The van der Waals surface area contributed by atoms with Crippen molar-refractivity contribution in [1.29, 1.82) is 0 Å². The number of benzene rings is 1. The molecule has 1 aromatic carbocycles. The van der Waals surface area contributed by atoms with Crippen molar-refractivity contribution in [2.75, 3.05) is 45.8 Å². The number of hydrogen-bond donors (Lipinski definition) is 0. The van der Waals surface area contributed by atoms with Crippen LogP contribution in [0.4, 0.5) is 4.39 Å². The number of carbonyl (C=O) groups excluding carboxylic acids is 2. The Hall–Kier alpha value is -2.25. The van der Waals surface area contributed by atoms with E-state index in [0.717, 1.165) is 39.1 Å². The quantitative estimate of drug-likeness (QED) is 0.734. The van der Waals surface area contributed by atoms with Gasteiger partial charge in [-0.3, -0.25) is 14.5 Å². The minimum atomic E-state index is -0.345. The van der Waals surface area contributed by atoms with Gasteiger partial charge in [0, 0.05) is 62.2 Å². The zero-order valence-corrected chi connectivity index (χ0v) is 18.0. The fraction of sp³-hybridized carbons (Fsp3) is 0.478. The summed E-state index contributed by atoms with van der Waals surface area (Å²) in [7, 11) is 0. The van der Waals surface area contributed by atoms with E-state index in [9.17, 15) is 14.0 Å². The number of rotatable bonds is 5. The Labute approximate surface area is 181 Å². The van der Waals surface area contributed by atoms with Crippen LogP contribution in [-0.2, 0) is 11.2 Å². The van der Waals surface area contributed by atoms with Gasteiger partial charge in [-0.2, -0.15) is 0 Å². The third-order valence-corrected chi connectivity index (χ3v) is 7.10. The van der Waals surface area contributed by atoms with Gasteiger partial charge in [-0.1, -0.05) is 6.07 Å². The van der Waals surface area contributed by atoms with Crippen molar-refractivity contribution in [2.24, 2.45) is 5.92 Å². The molecule has 160 valence electrons. The predicted octanol–water partition coefficient (Wildman–Crippen LogP) is 3.13. The molecular formula is C23H28FN3O2S. The number of nitrogens with zero attached hydrogens (tertiary/aromatic N) is 3. The lowest BCUT2D eigenvalue weighted by molar-refractivity contribution is -0.138. The Balaban J connectivity index is 1.21. The molecule has 0 spiro atoms. The van der Waals surface area contributed by atoms with Gasteiger partial charge in [0.2, 0.25) is 5.91 Å². The molecule has 0 bridgehead atoms. The molecule has 7 heteroatoms. The topological polar surface area (TPSA) is 43.9 Å². The molecule has 4 rings (SSSR count). The van der Waals surface area contributed by atoms with Crippen LogP contribution >= 0.6 is 11.3 Å². The van der Waals surface area contributed by atoms with Crippen LogP contribution in [0.1, 0.15) is 28.1 Å². The molecule has 0 atom stereocenters. The molecule has 2 aliphatic heterocycles. The summed E-state index contributed by atoms with van der Waals surface area (Å²) in [6, 6.07) is 9.93. The number of piperidine rings is 1. The second-order valence-electron chi connectivity index (χ2n) is 8.07. The van der Waals surface area contributed by atoms with Crippen molar-refractivity contribution in [2.45, 2.75) is 19.3 Å². The van der Waals surface area contributed by atoms with Crippen LogP contribution in [0.15, 0.2) is 41.8 Å². The molecule has 2 fully saturated rings. The van der Waals surface area contributed by atoms with Gasteiger partial charge in [-0.15, -0.1) is 11.3 Å². The predicted molar refractivity (Wildman–Crippen MR) is 116 cm³/mol. The molecule has 1 aromatic heterocycles. The van der Waals surface area contributed by atoms with Gasteiger partial charge in [0.05, 0.1) is 0 Å². The van der Waals surface area contributed by atoms with E-state index in [4.69, 9.17) is 0 Å². The number of thiophene rings is 1. The van der Waals surface area contributed by atoms with Crippen LogP contribution in [0.5, 0.6) is 0 Å². The highest BCUT2D eigenvalue weighted by Crippen LogP contribution is 2.22. The molecule has 5 nitrogen and oxygen atoms in total. The number of amides is 2. The Morgan fingerprint density at radius 3 is 2.27 bits per heavy atom. The van der Waals surface area contributed by atoms with E-state index in [0.29, 0.717) is 31.5 Å². The molecule has 2 aliphatic rings. The van der Waals surface area contributed by atoms with Crippen LogP contribution in [0.2, 0.25) is 0 Å². The van der Waals surface area contributed by atoms with E-state index in [1.54, 1.807) is 16.2 Å². The molecule has 0 aliphatic carbocycles. The van der Waals surface area contributed by atoms with Gasteiger partial charge in [0.15, 0.2) is 0 Å². The lowest BCUT2D eigenvalue weighted by Gasteiger charge is -2.38. The highest BCUT2D eigenvalue weighted by molar-refractivity contribution is 7.09. The average molecular weight is 430 g/mol. The maximum Gasteiger partial charge on any atom is 0.253 e. The zero-order valence-electron chi connectivity index (χ0n) is 17.1. The molecule has 0 N–H and O–H groups in total. The van der Waals surface area contributed by atoms with Gasteiger partial charge in [0.1, 0.15) is 5.82 Å². The van der Waals surface area contributed by atoms with E-state index in [-0.39, 0.29) is 23.5 Å². The van der Waals surface area contributed by atoms with E-state index in [1.165, 1.54) is 29.1 Å². The summed E-state index contributed by atoms with van der Waals surface area (Å²) in [4.78, 5) is 33.2. The van der Waals surface area contributed by atoms with Crippen LogP contribution in [0, 0.1) is 11.7 Å². The molecule has 2 amide bonds. The maximum atomic E-state index is 13.1. The van der Waals surface area contributed by atoms with E-state index < -0.39 is 0 Å². The lowest BCUT2D eigenvalue weighted by atomic mass is 9.94. The minimum Gasteiger partial charge on any atom is -0.340 e. The Morgan fingerprint density at radius 1 is 0.933 bits per heavy atom. The summed E-state index contributed by atoms with van der Waals surface area (Å²) < 4.78 is 13.1. The Bertz CT molecular complexity index is 840. The molecule has 0 saturated carbocycles. The van der Waals surface area contributed by atoms with Crippen LogP contribution in [0.3, 0.4) is 0 Å². The van der Waals surface area contributed by atoms with Crippen molar-refractivity contribution in [3.05, 3.63) is 58.0 Å². The number of piperazine rings is 1. The van der Waals surface area contributed by atoms with E-state index >= 15 is 0 Å². The third-order valence-electron chi connectivity index (χ3n) is 6.16. The van der Waals surface area contributed by atoms with Gasteiger partial charge in [0.25, 0.3) is 5.91 Å². The van der Waals surface area contributed by atoms with Crippen LogP contribution in [-0.4, -0.2) is 72.3 Å². The van der Waals surface area contributed by atoms with Gasteiger partial charge in [-0.05, 0) is 55.0 Å². The summed E-state index contributed by atoms with van der Waals surface area (Å²) in [5.74, 6) is -0.190. The Morgan fingerprint density at radius 2 is 1.63 bits per heavy atom. The van der Waals surface area contributed by atoms with Crippen LogP contribution in [0.25, 0.3) is 0 Å². The maximum absolute atomic E-state index is 13.1. The molecule has 2 saturated heterocycles. The highest BCUT2D eigenvalue weighted by Gasteiger charge is 2.31. The van der Waals surface area contributed by atoms with Crippen LogP contribution < -0.4 is 0 Å². The second kappa shape index (κ2) is 9.71. The fourth-order valence-electron chi connectivity index (χ4n) is 4.28. The minimum absolute atomic E-state index is 0.0000587. The molecule has 3 heterocycles. The summed E-state index contributed by atoms with van der Waals surface area (Å²) in [5.41, 5.74) is 0.500. The van der Waals surface area contributed by atoms with Crippen molar-refractivity contribution >= 4 is 23.2 Å². The second-order valence-corrected chi connectivity index (χ2v) is 9.10. The first kappa shape index (κ1) is 21.0. The normalized spacial score (nSPS) is 18.6. The third kappa shape index (κ3) is 5.08. The largest absolute Gasteiger partial charge is 0.340 e. The first-order valence-corrected chi connectivity index (χ1v) is 11.6. The summed E-state index contributed by atoms with van der Waals surface area (Å²) in [6.07, 6.45) is 2.47. The molecule has 0 unspecified atom stereocenters. The van der Waals surface area contributed by atoms with Crippen molar-refractivity contribution in [1.82, 2.24) is 14.7 Å². The van der Waals surface area contributed by atoms with E-state index in [1.807, 2.05) is 4.90 Å². The SMILES string of the molecule is O=C(c1ccc(F)cc1)N1CCC(C(=O)N2CCN(CCc3cccs3)CC2)CC1. The number of carbonyl (C=O) groups is 2. The first-order valence-electron chi connectivity index (χ1n) is 10.7. The van der Waals surface area contributed by atoms with Gasteiger partial charge >= 0.3 is 0 Å². The van der Waals surface area contributed by atoms with Crippen molar-refractivity contribution in [3.8, 4) is 0 Å². The van der Waals surface area contributed by atoms with Crippen molar-refractivity contribution in [3.63, 3.8) is 0 Å². The smallest absolute Gasteiger partial charge is 0.253 e. The summed E-state index contributed by atoms with van der Waals surface area (Å²) >= 11 is 1.80. The monoisotopic (exact) mass is 429 g/mol. The molecular weight excluding hydrogens is 401 g/mol. The standard InChI is InChI=1S/C23H28FN3O2S/c24-20-5-3-18(4-6-20)22(28)26-11-7-19(8-12-26)23(29)27-15-13-25(14-16-27)10-9-21-2-1-17-30-21/h1-6,17,19H,7-16H2. The van der Waals surface area contributed by atoms with Gasteiger partial charge in [-0.25, -0.2) is 4.39 Å². The fourth-order valence-corrected chi connectivity index (χ4v) is 4.98.